The molecule has 2 unspecified atom stereocenters. The van der Waals surface area contributed by atoms with E-state index < -0.39 is 29.8 Å². The van der Waals surface area contributed by atoms with Crippen molar-refractivity contribution < 1.29 is 13.9 Å². The van der Waals surface area contributed by atoms with Crippen molar-refractivity contribution in [3.63, 3.8) is 0 Å². The van der Waals surface area contributed by atoms with E-state index in [4.69, 9.17) is 10.00 Å². The summed E-state index contributed by atoms with van der Waals surface area (Å²) >= 11 is 3.19. The highest BCUT2D eigenvalue weighted by Gasteiger charge is 2.26. The summed E-state index contributed by atoms with van der Waals surface area (Å²) in [5.41, 5.74) is -0.634. The number of carbonyl (C=O) groups is 1. The first-order chi connectivity index (χ1) is 9.21. The molecule has 1 amide bonds. The van der Waals surface area contributed by atoms with E-state index in [1.54, 1.807) is 32.9 Å². The second-order valence-corrected chi connectivity index (χ2v) is 6.50. The van der Waals surface area contributed by atoms with E-state index in [0.29, 0.717) is 4.48 Å². The number of alkyl halides is 1. The lowest BCUT2D eigenvalue weighted by Gasteiger charge is -2.24. The van der Waals surface area contributed by atoms with Crippen LogP contribution in [0.4, 0.5) is 9.18 Å². The fourth-order valence-corrected chi connectivity index (χ4v) is 2.13. The van der Waals surface area contributed by atoms with Crippen molar-refractivity contribution in [3.8, 4) is 6.07 Å². The van der Waals surface area contributed by atoms with Gasteiger partial charge in [0.15, 0.2) is 0 Å². The minimum absolute atomic E-state index is 0.199. The van der Waals surface area contributed by atoms with Crippen LogP contribution in [0.5, 0.6) is 0 Å². The molecule has 0 aromatic rings. The highest BCUT2D eigenvalue weighted by atomic mass is 79.9. The monoisotopic (exact) mass is 344 g/mol. The van der Waals surface area contributed by atoms with Gasteiger partial charge in [0.1, 0.15) is 17.8 Å². The molecule has 0 saturated heterocycles. The van der Waals surface area contributed by atoms with E-state index in [1.807, 2.05) is 6.07 Å². The standard InChI is InChI=1S/C14H18BrFN2O2/c1-14(2,3)20-13(19)18-11(8-17)6-9-4-5-10(15)7-12(9)16/h4-5,7,9,11-12H,6H2,1-3H3,(H,18,19)/t9?,11-,12?/m0/s1. The minimum atomic E-state index is -1.18. The summed E-state index contributed by atoms with van der Waals surface area (Å²) in [5.74, 6) is -0.434. The minimum Gasteiger partial charge on any atom is -0.444 e. The Morgan fingerprint density at radius 2 is 2.30 bits per heavy atom. The lowest BCUT2D eigenvalue weighted by atomic mass is 9.92. The number of ether oxygens (including phenoxy) is 1. The predicted molar refractivity (Wildman–Crippen MR) is 77.9 cm³/mol. The quantitative estimate of drug-likeness (QED) is 0.850. The smallest absolute Gasteiger partial charge is 0.408 e. The number of nitrogens with one attached hydrogen (secondary N) is 1. The third kappa shape index (κ3) is 5.74. The number of rotatable bonds is 3. The Bertz CT molecular complexity index is 463. The van der Waals surface area contributed by atoms with Crippen molar-refractivity contribution in [3.05, 3.63) is 22.7 Å². The molecule has 1 rings (SSSR count). The van der Waals surface area contributed by atoms with Gasteiger partial charge in [-0.3, -0.25) is 0 Å². The van der Waals surface area contributed by atoms with Crippen LogP contribution in [0.2, 0.25) is 0 Å². The van der Waals surface area contributed by atoms with Crippen molar-refractivity contribution in [1.82, 2.24) is 5.32 Å². The van der Waals surface area contributed by atoms with Crippen LogP contribution >= 0.6 is 15.9 Å². The largest absolute Gasteiger partial charge is 0.444 e. The molecule has 0 spiro atoms. The Morgan fingerprint density at radius 3 is 2.80 bits per heavy atom. The van der Waals surface area contributed by atoms with Gasteiger partial charge in [-0.25, -0.2) is 9.18 Å². The maximum atomic E-state index is 13.8. The molecule has 0 aromatic carbocycles. The zero-order valence-electron chi connectivity index (χ0n) is 11.7. The summed E-state index contributed by atoms with van der Waals surface area (Å²) in [6, 6.07) is 1.16. The molecule has 3 atom stereocenters. The maximum Gasteiger partial charge on any atom is 0.408 e. The summed E-state index contributed by atoms with van der Waals surface area (Å²) < 4.78 is 19.5. The van der Waals surface area contributed by atoms with E-state index in [1.165, 1.54) is 6.08 Å². The third-order valence-corrected chi connectivity index (χ3v) is 3.11. The molecular weight excluding hydrogens is 327 g/mol. The Hall–Kier alpha value is -1.35. The molecule has 0 saturated carbocycles. The highest BCUT2D eigenvalue weighted by Crippen LogP contribution is 2.26. The molecule has 1 aliphatic rings. The third-order valence-electron chi connectivity index (χ3n) is 2.58. The van der Waals surface area contributed by atoms with Gasteiger partial charge in [0.05, 0.1) is 6.07 Å². The number of hydrogen-bond acceptors (Lipinski definition) is 3. The molecule has 1 N–H and O–H groups in total. The van der Waals surface area contributed by atoms with Crippen molar-refractivity contribution >= 4 is 22.0 Å². The second kappa shape index (κ2) is 6.89. The SMILES string of the molecule is CC(C)(C)OC(=O)N[C@H](C#N)CC1C=CC(Br)=CC1F. The normalized spacial score (nSPS) is 23.5. The van der Waals surface area contributed by atoms with E-state index in [-0.39, 0.29) is 6.42 Å². The molecule has 0 heterocycles. The average Bonchev–Trinajstić information content (AvgIpc) is 2.29. The lowest BCUT2D eigenvalue weighted by molar-refractivity contribution is 0.0509. The van der Waals surface area contributed by atoms with Crippen LogP contribution in [0.25, 0.3) is 0 Å². The van der Waals surface area contributed by atoms with Gasteiger partial charge in [-0.05, 0) is 33.3 Å². The van der Waals surface area contributed by atoms with Crippen molar-refractivity contribution in [2.45, 2.75) is 45.0 Å². The molecule has 110 valence electrons. The average molecular weight is 345 g/mol. The molecule has 0 aliphatic heterocycles. The molecular formula is C14H18BrFN2O2. The topological polar surface area (TPSA) is 62.1 Å². The van der Waals surface area contributed by atoms with Crippen molar-refractivity contribution in [2.24, 2.45) is 5.92 Å². The van der Waals surface area contributed by atoms with Gasteiger partial charge < -0.3 is 10.1 Å². The molecule has 0 fully saturated rings. The van der Waals surface area contributed by atoms with Gasteiger partial charge in [-0.2, -0.15) is 5.26 Å². The van der Waals surface area contributed by atoms with E-state index in [0.717, 1.165) is 0 Å². The molecule has 0 bridgehead atoms. The number of nitrogens with zero attached hydrogens (tertiary/aromatic N) is 1. The number of allylic oxidation sites excluding steroid dienone is 4. The van der Waals surface area contributed by atoms with Crippen molar-refractivity contribution in [2.75, 3.05) is 0 Å². The Labute approximate surface area is 126 Å². The first-order valence-electron chi connectivity index (χ1n) is 6.30. The number of amides is 1. The Morgan fingerprint density at radius 1 is 1.65 bits per heavy atom. The van der Waals surface area contributed by atoms with Gasteiger partial charge in [-0.15, -0.1) is 0 Å². The van der Waals surface area contributed by atoms with E-state index >= 15 is 0 Å². The number of nitriles is 1. The maximum absolute atomic E-state index is 13.8. The van der Waals surface area contributed by atoms with Crippen molar-refractivity contribution in [1.29, 1.82) is 5.26 Å². The molecule has 6 heteroatoms. The first-order valence-corrected chi connectivity index (χ1v) is 7.09. The van der Waals surface area contributed by atoms with Gasteiger partial charge in [0.2, 0.25) is 0 Å². The molecule has 4 nitrogen and oxygen atoms in total. The van der Waals surface area contributed by atoms with Gasteiger partial charge in [-0.1, -0.05) is 28.1 Å². The summed E-state index contributed by atoms with van der Waals surface area (Å²) in [5, 5.41) is 11.5. The first kappa shape index (κ1) is 16.7. The Balaban J connectivity index is 2.55. The summed E-state index contributed by atoms with van der Waals surface area (Å²) in [6.45, 7) is 5.20. The van der Waals surface area contributed by atoms with Crippen LogP contribution in [0, 0.1) is 17.2 Å². The highest BCUT2D eigenvalue weighted by molar-refractivity contribution is 9.11. The van der Waals surface area contributed by atoms with Crippen LogP contribution in [-0.2, 0) is 4.74 Å². The van der Waals surface area contributed by atoms with Crippen LogP contribution in [0.15, 0.2) is 22.7 Å². The molecule has 0 radical (unpaired) electrons. The van der Waals surface area contributed by atoms with E-state index in [9.17, 15) is 9.18 Å². The number of carbonyl (C=O) groups excluding carboxylic acids is 1. The number of alkyl carbamates (subject to hydrolysis) is 1. The van der Waals surface area contributed by atoms with Crippen LogP contribution < -0.4 is 5.32 Å². The van der Waals surface area contributed by atoms with Gasteiger partial charge in [0.25, 0.3) is 0 Å². The van der Waals surface area contributed by atoms with Crippen LogP contribution in [0.3, 0.4) is 0 Å². The summed E-state index contributed by atoms with van der Waals surface area (Å²) in [4.78, 5) is 11.6. The van der Waals surface area contributed by atoms with Crippen LogP contribution in [0.1, 0.15) is 27.2 Å². The molecule has 0 aromatic heterocycles. The second-order valence-electron chi connectivity index (χ2n) is 5.58. The predicted octanol–water partition coefficient (Wildman–Crippen LogP) is 3.60. The summed E-state index contributed by atoms with van der Waals surface area (Å²) in [6.07, 6.45) is 3.22. The van der Waals surface area contributed by atoms with Gasteiger partial charge >= 0.3 is 6.09 Å². The zero-order valence-corrected chi connectivity index (χ0v) is 13.3. The lowest BCUT2D eigenvalue weighted by Crippen LogP contribution is -2.40. The Kier molecular flexibility index (Phi) is 5.75. The number of hydrogen-bond donors (Lipinski definition) is 1. The number of halogens is 2. The van der Waals surface area contributed by atoms with Crippen LogP contribution in [-0.4, -0.2) is 23.9 Å². The van der Waals surface area contributed by atoms with Gasteiger partial charge in [0, 0.05) is 10.4 Å². The fourth-order valence-electron chi connectivity index (χ4n) is 1.73. The molecule has 20 heavy (non-hydrogen) atoms. The summed E-state index contributed by atoms with van der Waals surface area (Å²) in [7, 11) is 0. The fraction of sp³-hybridized carbons (Fsp3) is 0.571. The van der Waals surface area contributed by atoms with E-state index in [2.05, 4.69) is 21.2 Å². The zero-order chi connectivity index (χ0) is 15.3. The molecule has 1 aliphatic carbocycles.